The van der Waals surface area contributed by atoms with Crippen molar-refractivity contribution in [3.63, 3.8) is 0 Å². The van der Waals surface area contributed by atoms with Crippen LogP contribution in [-0.2, 0) is 5.41 Å². The monoisotopic (exact) mass is 275 g/mol. The summed E-state index contributed by atoms with van der Waals surface area (Å²) in [7, 11) is 0. The first-order valence-electron chi connectivity index (χ1n) is 7.61. The van der Waals surface area contributed by atoms with E-state index in [4.69, 9.17) is 0 Å². The largest absolute Gasteiger partial charge is 0.508 e. The van der Waals surface area contributed by atoms with Crippen LogP contribution in [0.5, 0.6) is 5.75 Å². The van der Waals surface area contributed by atoms with E-state index in [1.54, 1.807) is 6.07 Å². The van der Waals surface area contributed by atoms with E-state index in [1.807, 2.05) is 6.07 Å². The predicted octanol–water partition coefficient (Wildman–Crippen LogP) is 3.90. The third-order valence-electron chi connectivity index (χ3n) is 5.88. The van der Waals surface area contributed by atoms with Crippen LogP contribution in [0.3, 0.4) is 0 Å². The molecule has 1 unspecified atom stereocenters. The van der Waals surface area contributed by atoms with Crippen molar-refractivity contribution in [2.75, 3.05) is 0 Å². The van der Waals surface area contributed by atoms with Crippen LogP contribution in [0.4, 0.5) is 0 Å². The van der Waals surface area contributed by atoms with Crippen LogP contribution in [0.2, 0.25) is 0 Å². The minimum atomic E-state index is -0.0763. The average molecular weight is 275 g/mol. The molecular formula is C17H25NO2. The molecule has 3 nitrogen and oxygen atoms in total. The Labute approximate surface area is 121 Å². The van der Waals surface area contributed by atoms with Gasteiger partial charge in [-0.1, -0.05) is 33.3 Å². The van der Waals surface area contributed by atoms with Gasteiger partial charge in [-0.3, -0.25) is 0 Å². The second-order valence-corrected chi connectivity index (χ2v) is 7.50. The summed E-state index contributed by atoms with van der Waals surface area (Å²) in [6, 6.07) is 5.57. The lowest BCUT2D eigenvalue weighted by Crippen LogP contribution is -2.50. The fourth-order valence-electron chi connectivity index (χ4n) is 4.87. The molecule has 0 amide bonds. The molecule has 3 heteroatoms. The molecule has 0 heterocycles. The van der Waals surface area contributed by atoms with E-state index in [-0.39, 0.29) is 22.6 Å². The smallest absolute Gasteiger partial charge is 0.115 e. The fraction of sp³-hybridized carbons (Fsp3) is 0.647. The first kappa shape index (κ1) is 13.9. The maximum Gasteiger partial charge on any atom is 0.115 e. The van der Waals surface area contributed by atoms with Crippen molar-refractivity contribution in [1.82, 2.24) is 5.48 Å². The van der Waals surface area contributed by atoms with Crippen molar-refractivity contribution < 1.29 is 10.3 Å². The van der Waals surface area contributed by atoms with Gasteiger partial charge in [-0.25, -0.2) is 0 Å². The SMILES string of the molecule is CC1(C)CCC[C@]2(C)c3ccc(O)cc3C(NO)C[C@@H]12. The van der Waals surface area contributed by atoms with Gasteiger partial charge in [-0.05, 0) is 59.3 Å². The molecule has 1 saturated carbocycles. The van der Waals surface area contributed by atoms with E-state index >= 15 is 0 Å². The minimum absolute atomic E-state index is 0.0763. The third-order valence-corrected chi connectivity index (χ3v) is 5.88. The normalized spacial score (nSPS) is 35.2. The molecule has 2 aliphatic carbocycles. The molecule has 3 atom stereocenters. The predicted molar refractivity (Wildman–Crippen MR) is 78.9 cm³/mol. The first-order valence-corrected chi connectivity index (χ1v) is 7.61. The van der Waals surface area contributed by atoms with Gasteiger partial charge >= 0.3 is 0 Å². The lowest BCUT2D eigenvalue weighted by atomic mass is 9.50. The van der Waals surface area contributed by atoms with Crippen LogP contribution < -0.4 is 5.48 Å². The molecule has 0 bridgehead atoms. The maximum atomic E-state index is 9.77. The lowest BCUT2D eigenvalue weighted by molar-refractivity contribution is 0.00611. The second-order valence-electron chi connectivity index (χ2n) is 7.50. The molecule has 0 radical (unpaired) electrons. The highest BCUT2D eigenvalue weighted by Crippen LogP contribution is 2.59. The Morgan fingerprint density at radius 2 is 1.95 bits per heavy atom. The van der Waals surface area contributed by atoms with Crippen molar-refractivity contribution in [3.05, 3.63) is 29.3 Å². The quantitative estimate of drug-likeness (QED) is 0.681. The fourth-order valence-corrected chi connectivity index (χ4v) is 4.87. The van der Waals surface area contributed by atoms with Crippen molar-refractivity contribution in [1.29, 1.82) is 0 Å². The van der Waals surface area contributed by atoms with E-state index in [1.165, 1.54) is 24.8 Å². The molecule has 0 aromatic heterocycles. The van der Waals surface area contributed by atoms with E-state index in [9.17, 15) is 10.3 Å². The number of phenolic OH excluding ortho intramolecular Hbond substituents is 1. The van der Waals surface area contributed by atoms with Crippen molar-refractivity contribution >= 4 is 0 Å². The number of aromatic hydroxyl groups is 1. The number of hydrogen-bond donors (Lipinski definition) is 3. The van der Waals surface area contributed by atoms with E-state index < -0.39 is 0 Å². The van der Waals surface area contributed by atoms with Crippen molar-refractivity contribution in [2.24, 2.45) is 11.3 Å². The summed E-state index contributed by atoms with van der Waals surface area (Å²) in [6.45, 7) is 7.08. The summed E-state index contributed by atoms with van der Waals surface area (Å²) >= 11 is 0. The van der Waals surface area contributed by atoms with Gasteiger partial charge < -0.3 is 10.3 Å². The molecule has 1 aromatic carbocycles. The Kier molecular flexibility index (Phi) is 3.11. The molecule has 2 aliphatic rings. The highest BCUT2D eigenvalue weighted by atomic mass is 16.5. The summed E-state index contributed by atoms with van der Waals surface area (Å²) in [5.74, 6) is 0.826. The first-order chi connectivity index (χ1) is 9.38. The maximum absolute atomic E-state index is 9.77. The van der Waals surface area contributed by atoms with E-state index in [2.05, 4.69) is 32.3 Å². The highest BCUT2D eigenvalue weighted by Gasteiger charge is 2.51. The Hall–Kier alpha value is -1.06. The molecule has 0 aliphatic heterocycles. The number of benzene rings is 1. The number of hydrogen-bond acceptors (Lipinski definition) is 3. The number of phenols is 1. The van der Waals surface area contributed by atoms with Gasteiger partial charge in [0.25, 0.3) is 0 Å². The van der Waals surface area contributed by atoms with Crippen LogP contribution in [-0.4, -0.2) is 10.3 Å². The molecule has 20 heavy (non-hydrogen) atoms. The summed E-state index contributed by atoms with van der Waals surface area (Å²) in [5.41, 5.74) is 5.26. The van der Waals surface area contributed by atoms with Gasteiger partial charge in [0, 0.05) is 0 Å². The van der Waals surface area contributed by atoms with Crippen LogP contribution in [0, 0.1) is 11.3 Å². The van der Waals surface area contributed by atoms with E-state index in [0.717, 1.165) is 12.0 Å². The van der Waals surface area contributed by atoms with Crippen molar-refractivity contribution in [2.45, 2.75) is 57.9 Å². The summed E-state index contributed by atoms with van der Waals surface area (Å²) in [6.07, 6.45) is 4.61. The molecular weight excluding hydrogens is 250 g/mol. The van der Waals surface area contributed by atoms with Crippen LogP contribution >= 0.6 is 0 Å². The Morgan fingerprint density at radius 3 is 2.65 bits per heavy atom. The average Bonchev–Trinajstić information content (AvgIpc) is 2.37. The standard InChI is InChI=1S/C17H25NO2/c1-16(2)7-4-8-17(3)13-6-5-11(19)9-12(13)14(18-20)10-15(16)17/h5-6,9,14-15,18-20H,4,7-8,10H2,1-3H3/t14?,15-,17+/m0/s1. The molecule has 3 N–H and O–H groups in total. The van der Waals surface area contributed by atoms with Crippen molar-refractivity contribution in [3.8, 4) is 5.75 Å². The van der Waals surface area contributed by atoms with Gasteiger partial charge in [0.15, 0.2) is 0 Å². The molecule has 1 aromatic rings. The number of hydroxylamine groups is 1. The van der Waals surface area contributed by atoms with E-state index in [0.29, 0.717) is 5.92 Å². The van der Waals surface area contributed by atoms with Gasteiger partial charge in [0.1, 0.15) is 5.75 Å². The number of fused-ring (bicyclic) bond motifs is 3. The third kappa shape index (κ3) is 1.87. The molecule has 0 saturated heterocycles. The number of nitrogens with one attached hydrogen (secondary N) is 1. The van der Waals surface area contributed by atoms with Crippen LogP contribution in [0.1, 0.15) is 63.6 Å². The Bertz CT molecular complexity index is 526. The summed E-state index contributed by atoms with van der Waals surface area (Å²) in [4.78, 5) is 0. The topological polar surface area (TPSA) is 52.5 Å². The Morgan fingerprint density at radius 1 is 1.20 bits per heavy atom. The van der Waals surface area contributed by atoms with Gasteiger partial charge in [0.2, 0.25) is 0 Å². The Balaban J connectivity index is 2.16. The molecule has 110 valence electrons. The number of rotatable bonds is 1. The second kappa shape index (κ2) is 4.47. The molecule has 3 rings (SSSR count). The zero-order valence-electron chi connectivity index (χ0n) is 12.6. The van der Waals surface area contributed by atoms with Gasteiger partial charge in [-0.15, -0.1) is 0 Å². The highest BCUT2D eigenvalue weighted by molar-refractivity contribution is 5.44. The lowest BCUT2D eigenvalue weighted by Gasteiger charge is -2.55. The zero-order chi connectivity index (χ0) is 14.5. The van der Waals surface area contributed by atoms with Gasteiger partial charge in [0.05, 0.1) is 6.04 Å². The van der Waals surface area contributed by atoms with Crippen LogP contribution in [0.25, 0.3) is 0 Å². The minimum Gasteiger partial charge on any atom is -0.508 e. The molecule has 0 spiro atoms. The van der Waals surface area contributed by atoms with Gasteiger partial charge in [-0.2, -0.15) is 5.48 Å². The molecule has 1 fully saturated rings. The van der Waals surface area contributed by atoms with Crippen LogP contribution in [0.15, 0.2) is 18.2 Å². The summed E-state index contributed by atoms with van der Waals surface area (Å²) < 4.78 is 0. The zero-order valence-corrected chi connectivity index (χ0v) is 12.6. The summed E-state index contributed by atoms with van der Waals surface area (Å²) in [5, 5.41) is 19.3.